The summed E-state index contributed by atoms with van der Waals surface area (Å²) in [6.45, 7) is 0. The van der Waals surface area contributed by atoms with Crippen LogP contribution in [0.15, 0.2) is 33.7 Å². The van der Waals surface area contributed by atoms with Gasteiger partial charge in [0, 0.05) is 0 Å². The van der Waals surface area contributed by atoms with Gasteiger partial charge >= 0.3 is 0 Å². The molecule has 0 aliphatic rings. The van der Waals surface area contributed by atoms with E-state index in [0.29, 0.717) is 8.95 Å². The Hall–Kier alpha value is -0.880. The third-order valence-corrected chi connectivity index (χ3v) is 2.93. The van der Waals surface area contributed by atoms with Crippen LogP contribution < -0.4 is 0 Å². The number of phenols is 1. The van der Waals surface area contributed by atoms with Crippen molar-refractivity contribution >= 4 is 31.9 Å². The molecule has 1 N–H and O–H groups in total. The number of benzene rings is 1. The fraction of sp³-hybridized carbons (Fsp3) is 0. The number of halogens is 2. The highest BCUT2D eigenvalue weighted by Crippen LogP contribution is 2.34. The van der Waals surface area contributed by atoms with Crippen molar-refractivity contribution in [3.63, 3.8) is 0 Å². The molecule has 0 unspecified atom stereocenters. The molecule has 0 spiro atoms. The van der Waals surface area contributed by atoms with Crippen molar-refractivity contribution in [2.45, 2.75) is 0 Å². The third kappa shape index (κ3) is 1.67. The normalized spacial score (nSPS) is 10.4. The van der Waals surface area contributed by atoms with Gasteiger partial charge in [0.1, 0.15) is 18.4 Å². The van der Waals surface area contributed by atoms with Crippen LogP contribution in [0.2, 0.25) is 0 Å². The van der Waals surface area contributed by atoms with Gasteiger partial charge in [-0.15, -0.1) is 10.2 Å². The SMILES string of the molecule is Oc1c(Br)cc(-n2cnnc2)cc1Br. The Kier molecular flexibility index (Phi) is 2.56. The van der Waals surface area contributed by atoms with Gasteiger partial charge in [0.2, 0.25) is 0 Å². The minimum atomic E-state index is 0.182. The van der Waals surface area contributed by atoms with Crippen LogP contribution in [0.5, 0.6) is 5.75 Å². The molecule has 14 heavy (non-hydrogen) atoms. The van der Waals surface area contributed by atoms with Gasteiger partial charge < -0.3 is 5.11 Å². The van der Waals surface area contributed by atoms with Crippen LogP contribution in [0.1, 0.15) is 0 Å². The summed E-state index contributed by atoms with van der Waals surface area (Å²) in [5.74, 6) is 0.182. The molecule has 0 bridgehead atoms. The van der Waals surface area contributed by atoms with Crippen LogP contribution in [0, 0.1) is 0 Å². The largest absolute Gasteiger partial charge is 0.506 e. The van der Waals surface area contributed by atoms with Gasteiger partial charge in [-0.25, -0.2) is 0 Å². The first-order chi connectivity index (χ1) is 6.68. The lowest BCUT2D eigenvalue weighted by atomic mass is 10.3. The molecule has 0 saturated heterocycles. The number of hydrogen-bond acceptors (Lipinski definition) is 3. The predicted molar refractivity (Wildman–Crippen MR) is 58.4 cm³/mol. The number of rotatable bonds is 1. The van der Waals surface area contributed by atoms with Crippen molar-refractivity contribution in [3.8, 4) is 11.4 Å². The zero-order valence-electron chi connectivity index (χ0n) is 6.85. The Morgan fingerprint density at radius 1 is 1.07 bits per heavy atom. The van der Waals surface area contributed by atoms with Crippen LogP contribution in [0.4, 0.5) is 0 Å². The maximum absolute atomic E-state index is 9.49. The van der Waals surface area contributed by atoms with Gasteiger partial charge in [-0.3, -0.25) is 4.57 Å². The highest BCUT2D eigenvalue weighted by Gasteiger charge is 2.06. The quantitative estimate of drug-likeness (QED) is 0.879. The number of nitrogens with zero attached hydrogens (tertiary/aromatic N) is 3. The number of phenolic OH excluding ortho intramolecular Hbond substituents is 1. The highest BCUT2D eigenvalue weighted by molar-refractivity contribution is 9.11. The molecule has 0 fully saturated rings. The van der Waals surface area contributed by atoms with E-state index in [0.717, 1.165) is 5.69 Å². The lowest BCUT2D eigenvalue weighted by molar-refractivity contribution is 0.468. The molecule has 0 aliphatic heterocycles. The van der Waals surface area contributed by atoms with E-state index >= 15 is 0 Å². The number of aromatic nitrogens is 3. The third-order valence-electron chi connectivity index (χ3n) is 1.72. The lowest BCUT2D eigenvalue weighted by Gasteiger charge is -2.05. The summed E-state index contributed by atoms with van der Waals surface area (Å²) >= 11 is 6.50. The van der Waals surface area contributed by atoms with E-state index in [9.17, 15) is 5.11 Å². The van der Waals surface area contributed by atoms with Crippen LogP contribution in [0.25, 0.3) is 5.69 Å². The summed E-state index contributed by atoms with van der Waals surface area (Å²) in [5, 5.41) is 16.9. The first-order valence-electron chi connectivity index (χ1n) is 3.71. The predicted octanol–water partition coefficient (Wildman–Crippen LogP) is 2.50. The van der Waals surface area contributed by atoms with Crippen LogP contribution in [-0.4, -0.2) is 19.9 Å². The maximum atomic E-state index is 9.49. The summed E-state index contributed by atoms with van der Waals surface area (Å²) in [5.41, 5.74) is 0.867. The van der Waals surface area contributed by atoms with Crippen molar-refractivity contribution in [1.82, 2.24) is 14.8 Å². The van der Waals surface area contributed by atoms with E-state index in [1.54, 1.807) is 29.4 Å². The molecule has 6 heteroatoms. The highest BCUT2D eigenvalue weighted by atomic mass is 79.9. The first-order valence-corrected chi connectivity index (χ1v) is 5.30. The molecule has 4 nitrogen and oxygen atoms in total. The fourth-order valence-electron chi connectivity index (χ4n) is 1.04. The van der Waals surface area contributed by atoms with Gasteiger partial charge in [-0.1, -0.05) is 0 Å². The molecular formula is C8H5Br2N3O. The van der Waals surface area contributed by atoms with Gasteiger partial charge in [0.15, 0.2) is 0 Å². The van der Waals surface area contributed by atoms with E-state index in [1.807, 2.05) is 0 Å². The summed E-state index contributed by atoms with van der Waals surface area (Å²) in [6, 6.07) is 3.56. The molecule has 2 aromatic rings. The van der Waals surface area contributed by atoms with Gasteiger partial charge in [0.05, 0.1) is 14.6 Å². The monoisotopic (exact) mass is 317 g/mol. The summed E-state index contributed by atoms with van der Waals surface area (Å²) in [4.78, 5) is 0. The smallest absolute Gasteiger partial charge is 0.144 e. The van der Waals surface area contributed by atoms with Crippen LogP contribution in [-0.2, 0) is 0 Å². The van der Waals surface area contributed by atoms with Crippen molar-refractivity contribution in [2.24, 2.45) is 0 Å². The zero-order chi connectivity index (χ0) is 10.1. The Balaban J connectivity index is 2.57. The fourth-order valence-corrected chi connectivity index (χ4v) is 2.20. The van der Waals surface area contributed by atoms with E-state index in [2.05, 4.69) is 42.1 Å². The van der Waals surface area contributed by atoms with Crippen molar-refractivity contribution in [2.75, 3.05) is 0 Å². The van der Waals surface area contributed by atoms with Crippen molar-refractivity contribution in [3.05, 3.63) is 33.7 Å². The maximum Gasteiger partial charge on any atom is 0.144 e. The van der Waals surface area contributed by atoms with Crippen molar-refractivity contribution in [1.29, 1.82) is 0 Å². The second-order valence-electron chi connectivity index (χ2n) is 2.63. The molecule has 1 aromatic carbocycles. The summed E-state index contributed by atoms with van der Waals surface area (Å²) < 4.78 is 2.99. The lowest BCUT2D eigenvalue weighted by Crippen LogP contribution is -1.90. The summed E-state index contributed by atoms with van der Waals surface area (Å²) in [7, 11) is 0. The molecule has 0 radical (unpaired) electrons. The molecule has 0 aliphatic carbocycles. The van der Waals surface area contributed by atoms with E-state index in [-0.39, 0.29) is 5.75 Å². The first kappa shape index (κ1) is 9.67. The zero-order valence-corrected chi connectivity index (χ0v) is 10.0. The Labute approximate surface area is 96.8 Å². The van der Waals surface area contributed by atoms with E-state index in [1.165, 1.54) is 0 Å². The van der Waals surface area contributed by atoms with Gasteiger partial charge in [-0.2, -0.15) is 0 Å². The van der Waals surface area contributed by atoms with Crippen molar-refractivity contribution < 1.29 is 5.11 Å². The number of aromatic hydroxyl groups is 1. The Morgan fingerprint density at radius 2 is 1.57 bits per heavy atom. The molecule has 72 valence electrons. The molecule has 1 aromatic heterocycles. The Morgan fingerprint density at radius 3 is 2.07 bits per heavy atom. The standard InChI is InChI=1S/C8H5Br2N3O/c9-6-1-5(2-7(10)8(6)14)13-3-11-12-4-13/h1-4,14H. The average Bonchev–Trinajstić information content (AvgIpc) is 2.66. The topological polar surface area (TPSA) is 50.9 Å². The van der Waals surface area contributed by atoms with E-state index < -0.39 is 0 Å². The van der Waals surface area contributed by atoms with Crippen LogP contribution in [0.3, 0.4) is 0 Å². The van der Waals surface area contributed by atoms with Crippen LogP contribution >= 0.6 is 31.9 Å². The average molecular weight is 319 g/mol. The molecule has 1 heterocycles. The Bertz CT molecular complexity index is 433. The van der Waals surface area contributed by atoms with Gasteiger partial charge in [-0.05, 0) is 44.0 Å². The molecule has 0 amide bonds. The minimum absolute atomic E-state index is 0.182. The molecule has 0 atom stereocenters. The molecule has 2 rings (SSSR count). The van der Waals surface area contributed by atoms with E-state index in [4.69, 9.17) is 0 Å². The van der Waals surface area contributed by atoms with Gasteiger partial charge in [0.25, 0.3) is 0 Å². The second kappa shape index (κ2) is 3.70. The number of hydrogen-bond donors (Lipinski definition) is 1. The second-order valence-corrected chi connectivity index (χ2v) is 4.34. The minimum Gasteiger partial charge on any atom is -0.506 e. The molecular weight excluding hydrogens is 314 g/mol. The molecule has 0 saturated carbocycles. The summed E-state index contributed by atoms with van der Waals surface area (Å²) in [6.07, 6.45) is 3.18.